The highest BCUT2D eigenvalue weighted by Crippen LogP contribution is 2.34. The summed E-state index contributed by atoms with van der Waals surface area (Å²) in [5.74, 6) is -2.63. The molecule has 0 aliphatic rings. The van der Waals surface area contributed by atoms with Crippen molar-refractivity contribution >= 4 is 22.7 Å². The number of hydrogen-bond donors (Lipinski definition) is 2. The van der Waals surface area contributed by atoms with E-state index in [1.807, 2.05) is 84.9 Å². The zero-order valence-corrected chi connectivity index (χ0v) is 16.6. The summed E-state index contributed by atoms with van der Waals surface area (Å²) < 4.78 is 6.07. The number of hydrogen-bond acceptors (Lipinski definition) is 3. The molecule has 0 atom stereocenters. The minimum atomic E-state index is -1.46. The van der Waals surface area contributed by atoms with Crippen molar-refractivity contribution in [2.24, 2.45) is 5.92 Å². The summed E-state index contributed by atoms with van der Waals surface area (Å²) in [5, 5.41) is 20.1. The van der Waals surface area contributed by atoms with Crippen LogP contribution in [0.2, 0.25) is 0 Å². The molecule has 31 heavy (non-hydrogen) atoms. The summed E-state index contributed by atoms with van der Waals surface area (Å²) in [5.41, 5.74) is 2.61. The van der Waals surface area contributed by atoms with E-state index in [2.05, 4.69) is 0 Å². The molecule has 0 unspecified atom stereocenters. The van der Waals surface area contributed by atoms with E-state index in [0.29, 0.717) is 5.56 Å². The molecule has 0 radical (unpaired) electrons. The zero-order chi connectivity index (χ0) is 21.8. The van der Waals surface area contributed by atoms with Gasteiger partial charge in [-0.2, -0.15) is 0 Å². The van der Waals surface area contributed by atoms with Gasteiger partial charge in [-0.25, -0.2) is 0 Å². The Kier molecular flexibility index (Phi) is 5.67. The molecule has 4 aromatic carbocycles. The van der Waals surface area contributed by atoms with E-state index in [9.17, 15) is 9.59 Å². The highest BCUT2D eigenvalue weighted by atomic mass is 16.5. The Morgan fingerprint density at radius 1 is 0.742 bits per heavy atom. The molecular formula is C26H20O5. The van der Waals surface area contributed by atoms with Gasteiger partial charge in [0, 0.05) is 5.56 Å². The number of benzene rings is 4. The van der Waals surface area contributed by atoms with E-state index < -0.39 is 17.9 Å². The Balaban J connectivity index is 1.65. The van der Waals surface area contributed by atoms with Gasteiger partial charge in [0.1, 0.15) is 11.5 Å². The summed E-state index contributed by atoms with van der Waals surface area (Å²) in [6.45, 7) is 0. The predicted molar refractivity (Wildman–Crippen MR) is 118 cm³/mol. The lowest BCUT2D eigenvalue weighted by Gasteiger charge is -2.13. The van der Waals surface area contributed by atoms with E-state index in [0.717, 1.165) is 33.4 Å². The van der Waals surface area contributed by atoms with Crippen LogP contribution in [0.3, 0.4) is 0 Å². The van der Waals surface area contributed by atoms with E-state index in [-0.39, 0.29) is 6.42 Å². The average Bonchev–Trinajstić information content (AvgIpc) is 2.77. The standard InChI is InChI=1S/C26H20O5/c27-25(28)23(26(29)30)15-17-10-11-19-16-20(13-12-18(19)14-17)22-8-4-5-9-24(22)31-21-6-2-1-3-7-21/h1-14,16,23H,15H2,(H,27,28)(H,29,30). The lowest BCUT2D eigenvalue weighted by atomic mass is 9.95. The van der Waals surface area contributed by atoms with Crippen molar-refractivity contribution in [1.82, 2.24) is 0 Å². The zero-order valence-electron chi connectivity index (χ0n) is 16.6. The minimum Gasteiger partial charge on any atom is -0.481 e. The average molecular weight is 412 g/mol. The molecule has 0 saturated carbocycles. The number of aliphatic carboxylic acids is 2. The number of carboxylic acids is 2. The third-order valence-corrected chi connectivity index (χ3v) is 5.11. The topological polar surface area (TPSA) is 83.8 Å². The van der Waals surface area contributed by atoms with Crippen molar-refractivity contribution < 1.29 is 24.5 Å². The van der Waals surface area contributed by atoms with Gasteiger partial charge in [-0.1, -0.05) is 66.7 Å². The van der Waals surface area contributed by atoms with E-state index in [1.54, 1.807) is 6.07 Å². The molecular weight excluding hydrogens is 392 g/mol. The summed E-state index contributed by atoms with van der Waals surface area (Å²) in [7, 11) is 0. The first-order chi connectivity index (χ1) is 15.0. The van der Waals surface area contributed by atoms with Gasteiger partial charge in [-0.15, -0.1) is 0 Å². The number of ether oxygens (including phenoxy) is 1. The summed E-state index contributed by atoms with van der Waals surface area (Å²) in [6, 6.07) is 28.9. The molecule has 4 rings (SSSR count). The van der Waals surface area contributed by atoms with Gasteiger partial charge in [0.25, 0.3) is 0 Å². The lowest BCUT2D eigenvalue weighted by molar-refractivity contribution is -0.154. The molecule has 0 fully saturated rings. The molecule has 0 bridgehead atoms. The molecule has 5 nitrogen and oxygen atoms in total. The maximum atomic E-state index is 11.2. The first-order valence-electron chi connectivity index (χ1n) is 9.82. The predicted octanol–water partition coefficient (Wildman–Crippen LogP) is 5.63. The fourth-order valence-electron chi connectivity index (χ4n) is 3.52. The van der Waals surface area contributed by atoms with Crippen LogP contribution in [0, 0.1) is 5.92 Å². The van der Waals surface area contributed by atoms with Gasteiger partial charge in [-0.05, 0) is 52.6 Å². The minimum absolute atomic E-state index is 0.0594. The van der Waals surface area contributed by atoms with Crippen molar-refractivity contribution in [2.75, 3.05) is 0 Å². The Labute approximate surface area is 179 Å². The first kappa shape index (κ1) is 20.2. The van der Waals surface area contributed by atoms with Crippen molar-refractivity contribution in [1.29, 1.82) is 0 Å². The number of carbonyl (C=O) groups is 2. The fourth-order valence-corrected chi connectivity index (χ4v) is 3.52. The second-order valence-corrected chi connectivity index (χ2v) is 7.24. The Hall–Kier alpha value is -4.12. The molecule has 0 amide bonds. The van der Waals surface area contributed by atoms with Crippen LogP contribution in [0.5, 0.6) is 11.5 Å². The Morgan fingerprint density at radius 3 is 2.13 bits per heavy atom. The molecule has 0 aromatic heterocycles. The normalized spacial score (nSPS) is 10.9. The van der Waals surface area contributed by atoms with Crippen LogP contribution in [0.15, 0.2) is 91.0 Å². The largest absolute Gasteiger partial charge is 0.481 e. The molecule has 0 spiro atoms. The molecule has 0 heterocycles. The Morgan fingerprint density at radius 2 is 1.39 bits per heavy atom. The monoisotopic (exact) mass is 412 g/mol. The van der Waals surface area contributed by atoms with Crippen LogP contribution in [-0.4, -0.2) is 22.2 Å². The molecule has 4 aromatic rings. The first-order valence-corrected chi connectivity index (χ1v) is 9.82. The van der Waals surface area contributed by atoms with Crippen LogP contribution in [0.4, 0.5) is 0 Å². The second-order valence-electron chi connectivity index (χ2n) is 7.24. The van der Waals surface area contributed by atoms with Crippen molar-refractivity contribution in [3.8, 4) is 22.6 Å². The number of fused-ring (bicyclic) bond motifs is 1. The Bertz CT molecular complexity index is 1230. The van der Waals surface area contributed by atoms with E-state index >= 15 is 0 Å². The quantitative estimate of drug-likeness (QED) is 0.385. The van der Waals surface area contributed by atoms with Crippen LogP contribution < -0.4 is 4.74 Å². The van der Waals surface area contributed by atoms with Gasteiger partial charge in [-0.3, -0.25) is 9.59 Å². The maximum Gasteiger partial charge on any atom is 0.318 e. The summed E-state index contributed by atoms with van der Waals surface area (Å²) >= 11 is 0. The third-order valence-electron chi connectivity index (χ3n) is 5.11. The van der Waals surface area contributed by atoms with Crippen LogP contribution in [0.1, 0.15) is 5.56 Å². The van der Waals surface area contributed by atoms with Crippen molar-refractivity contribution in [2.45, 2.75) is 6.42 Å². The van der Waals surface area contributed by atoms with Gasteiger partial charge in [0.05, 0.1) is 0 Å². The third kappa shape index (κ3) is 4.56. The van der Waals surface area contributed by atoms with E-state index in [1.165, 1.54) is 0 Å². The molecule has 2 N–H and O–H groups in total. The molecule has 5 heteroatoms. The summed E-state index contributed by atoms with van der Waals surface area (Å²) in [4.78, 5) is 22.4. The van der Waals surface area contributed by atoms with Crippen LogP contribution in [-0.2, 0) is 16.0 Å². The molecule has 154 valence electrons. The SMILES string of the molecule is O=C(O)C(Cc1ccc2cc(-c3ccccc3Oc3ccccc3)ccc2c1)C(=O)O. The highest BCUT2D eigenvalue weighted by Gasteiger charge is 2.25. The van der Waals surface area contributed by atoms with Crippen LogP contribution >= 0.6 is 0 Å². The fraction of sp³-hybridized carbons (Fsp3) is 0.0769. The molecule has 0 saturated heterocycles. The van der Waals surface area contributed by atoms with Crippen molar-refractivity contribution in [3.63, 3.8) is 0 Å². The number of para-hydroxylation sites is 2. The number of rotatable bonds is 7. The lowest BCUT2D eigenvalue weighted by Crippen LogP contribution is -2.25. The van der Waals surface area contributed by atoms with Gasteiger partial charge in [0.2, 0.25) is 0 Å². The second kappa shape index (κ2) is 8.71. The van der Waals surface area contributed by atoms with Crippen LogP contribution in [0.25, 0.3) is 21.9 Å². The van der Waals surface area contributed by atoms with Gasteiger partial charge in [0.15, 0.2) is 5.92 Å². The van der Waals surface area contributed by atoms with E-state index in [4.69, 9.17) is 14.9 Å². The summed E-state index contributed by atoms with van der Waals surface area (Å²) in [6.07, 6.45) is -0.0594. The highest BCUT2D eigenvalue weighted by molar-refractivity contribution is 5.93. The van der Waals surface area contributed by atoms with Gasteiger partial charge >= 0.3 is 11.9 Å². The van der Waals surface area contributed by atoms with Crippen molar-refractivity contribution in [3.05, 3.63) is 96.6 Å². The van der Waals surface area contributed by atoms with Gasteiger partial charge < -0.3 is 14.9 Å². The molecule has 0 aliphatic carbocycles. The molecule has 0 aliphatic heterocycles. The smallest absolute Gasteiger partial charge is 0.318 e. The number of carboxylic acid groups (broad SMARTS) is 2. The maximum absolute atomic E-state index is 11.2.